The van der Waals surface area contributed by atoms with Crippen molar-refractivity contribution in [3.63, 3.8) is 0 Å². The molecule has 0 radical (unpaired) electrons. The largest absolute Gasteiger partial charge is 0.491 e. The van der Waals surface area contributed by atoms with Gasteiger partial charge < -0.3 is 14.8 Å². The topological polar surface area (TPSA) is 30.5 Å². The fourth-order valence-electron chi connectivity index (χ4n) is 1.45. The summed E-state index contributed by atoms with van der Waals surface area (Å²) in [5, 5.41) is 3.20. The van der Waals surface area contributed by atoms with Crippen LogP contribution in [0.1, 0.15) is 19.4 Å². The highest BCUT2D eigenvalue weighted by molar-refractivity contribution is 5.27. The summed E-state index contributed by atoms with van der Waals surface area (Å²) in [6.45, 7) is 4.68. The Bertz CT molecular complexity index is 379. The van der Waals surface area contributed by atoms with Crippen molar-refractivity contribution in [2.75, 3.05) is 19.8 Å². The van der Waals surface area contributed by atoms with Gasteiger partial charge in [-0.1, -0.05) is 19.1 Å². The summed E-state index contributed by atoms with van der Waals surface area (Å²) in [5.74, 6) is 0.619. The lowest BCUT2D eigenvalue weighted by atomic mass is 10.2. The first-order valence-corrected chi connectivity index (χ1v) is 6.54. The predicted molar refractivity (Wildman–Crippen MR) is 70.8 cm³/mol. The smallest absolute Gasteiger partial charge is 0.414 e. The highest BCUT2D eigenvalue weighted by atomic mass is 19.4. The Morgan fingerprint density at radius 2 is 1.80 bits per heavy atom. The predicted octanol–water partition coefficient (Wildman–Crippen LogP) is 3.14. The molecule has 3 nitrogen and oxygen atoms in total. The number of ether oxygens (including phenoxy) is 2. The summed E-state index contributed by atoms with van der Waals surface area (Å²) in [6, 6.07) is 7.41. The molecule has 0 aliphatic rings. The van der Waals surface area contributed by atoms with Crippen LogP contribution in [0.2, 0.25) is 0 Å². The van der Waals surface area contributed by atoms with Crippen molar-refractivity contribution >= 4 is 0 Å². The number of hydrogen-bond donors (Lipinski definition) is 1. The molecule has 1 rings (SSSR count). The summed E-state index contributed by atoms with van der Waals surface area (Å²) in [6.07, 6.45) is -6.10. The minimum absolute atomic E-state index is 0.0903. The van der Waals surface area contributed by atoms with E-state index < -0.39 is 12.3 Å². The van der Waals surface area contributed by atoms with E-state index in [1.165, 1.54) is 0 Å². The molecule has 20 heavy (non-hydrogen) atoms. The Labute approximate surface area is 117 Å². The van der Waals surface area contributed by atoms with E-state index in [2.05, 4.69) is 10.1 Å². The fraction of sp³-hybridized carbons (Fsp3) is 0.571. The summed E-state index contributed by atoms with van der Waals surface area (Å²) in [4.78, 5) is 0. The normalized spacial score (nSPS) is 13.2. The lowest BCUT2D eigenvalue weighted by molar-refractivity contribution is -0.215. The third-order valence-electron chi connectivity index (χ3n) is 2.68. The Morgan fingerprint density at radius 3 is 2.35 bits per heavy atom. The fourth-order valence-corrected chi connectivity index (χ4v) is 1.45. The van der Waals surface area contributed by atoms with E-state index in [4.69, 9.17) is 4.74 Å². The van der Waals surface area contributed by atoms with Crippen molar-refractivity contribution in [3.8, 4) is 5.75 Å². The van der Waals surface area contributed by atoms with Crippen LogP contribution in [0, 0.1) is 0 Å². The molecule has 1 atom stereocenters. The highest BCUT2D eigenvalue weighted by Gasteiger charge is 2.36. The van der Waals surface area contributed by atoms with Gasteiger partial charge in [0.2, 0.25) is 0 Å². The van der Waals surface area contributed by atoms with E-state index in [9.17, 15) is 13.2 Å². The van der Waals surface area contributed by atoms with Gasteiger partial charge in [0.25, 0.3) is 0 Å². The standard InChI is InChI=1S/C14H20F3NO2/c1-3-18-10-12-4-6-13(7-5-12)20-9-8-19-11(2)14(15,16)17/h4-7,11,18H,3,8-10H2,1-2H3. The minimum atomic E-state index is -4.33. The van der Waals surface area contributed by atoms with Crippen molar-refractivity contribution in [2.45, 2.75) is 32.7 Å². The molecule has 0 aliphatic heterocycles. The van der Waals surface area contributed by atoms with Gasteiger partial charge in [-0.15, -0.1) is 0 Å². The molecule has 0 aliphatic carbocycles. The van der Waals surface area contributed by atoms with E-state index in [-0.39, 0.29) is 13.2 Å². The maximum Gasteiger partial charge on any atom is 0.414 e. The average Bonchev–Trinajstić information content (AvgIpc) is 2.41. The molecule has 0 aromatic heterocycles. The Kier molecular flexibility index (Phi) is 6.81. The van der Waals surface area contributed by atoms with Crippen LogP contribution in [0.4, 0.5) is 13.2 Å². The van der Waals surface area contributed by atoms with Crippen molar-refractivity contribution in [1.82, 2.24) is 5.32 Å². The maximum atomic E-state index is 12.2. The third kappa shape index (κ3) is 6.25. The molecule has 114 valence electrons. The van der Waals surface area contributed by atoms with Crippen LogP contribution < -0.4 is 10.1 Å². The first-order chi connectivity index (χ1) is 9.43. The van der Waals surface area contributed by atoms with E-state index in [1.54, 1.807) is 12.1 Å². The van der Waals surface area contributed by atoms with Gasteiger partial charge in [0.05, 0.1) is 6.61 Å². The molecule has 1 aromatic rings. The van der Waals surface area contributed by atoms with E-state index in [1.807, 2.05) is 19.1 Å². The molecule has 1 unspecified atom stereocenters. The first kappa shape index (κ1) is 16.8. The van der Waals surface area contributed by atoms with Gasteiger partial charge in [-0.25, -0.2) is 0 Å². The number of benzene rings is 1. The Morgan fingerprint density at radius 1 is 1.15 bits per heavy atom. The molecule has 6 heteroatoms. The molecule has 1 N–H and O–H groups in total. The molecule has 0 saturated heterocycles. The summed E-state index contributed by atoms with van der Waals surface area (Å²) in [5.41, 5.74) is 1.13. The van der Waals surface area contributed by atoms with Crippen LogP contribution in [0.15, 0.2) is 24.3 Å². The number of nitrogens with one attached hydrogen (secondary N) is 1. The zero-order chi connectivity index (χ0) is 15.0. The van der Waals surface area contributed by atoms with Crippen LogP contribution in [0.25, 0.3) is 0 Å². The second-order valence-corrected chi connectivity index (χ2v) is 4.33. The van der Waals surface area contributed by atoms with Crippen molar-refractivity contribution in [2.24, 2.45) is 0 Å². The average molecular weight is 291 g/mol. The van der Waals surface area contributed by atoms with Crippen molar-refractivity contribution in [3.05, 3.63) is 29.8 Å². The Hall–Kier alpha value is -1.27. The Balaban J connectivity index is 2.25. The molecule has 0 saturated carbocycles. The van der Waals surface area contributed by atoms with Crippen molar-refractivity contribution in [1.29, 1.82) is 0 Å². The maximum absolute atomic E-state index is 12.2. The van der Waals surface area contributed by atoms with Crippen LogP contribution in [0.3, 0.4) is 0 Å². The van der Waals surface area contributed by atoms with E-state index in [0.29, 0.717) is 5.75 Å². The van der Waals surface area contributed by atoms with Crippen LogP contribution in [0.5, 0.6) is 5.75 Å². The summed E-state index contributed by atoms with van der Waals surface area (Å²) >= 11 is 0. The molecule has 0 amide bonds. The number of rotatable bonds is 8. The number of alkyl halides is 3. The van der Waals surface area contributed by atoms with Gasteiger partial charge >= 0.3 is 6.18 Å². The van der Waals surface area contributed by atoms with Gasteiger partial charge in [0.15, 0.2) is 6.10 Å². The first-order valence-electron chi connectivity index (χ1n) is 6.54. The molecule has 0 spiro atoms. The quantitative estimate of drug-likeness (QED) is 0.746. The second-order valence-electron chi connectivity index (χ2n) is 4.33. The number of hydrogen-bond acceptors (Lipinski definition) is 3. The van der Waals surface area contributed by atoms with Crippen LogP contribution in [-0.4, -0.2) is 32.0 Å². The summed E-state index contributed by atoms with van der Waals surface area (Å²) in [7, 11) is 0. The molecule has 0 bridgehead atoms. The molecule has 0 heterocycles. The lowest BCUT2D eigenvalue weighted by Crippen LogP contribution is -2.29. The zero-order valence-electron chi connectivity index (χ0n) is 11.7. The van der Waals surface area contributed by atoms with Gasteiger partial charge in [-0.05, 0) is 31.2 Å². The number of halogens is 3. The molecule has 1 aromatic carbocycles. The van der Waals surface area contributed by atoms with Crippen LogP contribution in [-0.2, 0) is 11.3 Å². The summed E-state index contributed by atoms with van der Waals surface area (Å²) < 4.78 is 46.5. The highest BCUT2D eigenvalue weighted by Crippen LogP contribution is 2.22. The lowest BCUT2D eigenvalue weighted by Gasteiger charge is -2.16. The van der Waals surface area contributed by atoms with Crippen LogP contribution >= 0.6 is 0 Å². The SMILES string of the molecule is CCNCc1ccc(OCCOC(C)C(F)(F)F)cc1. The van der Waals surface area contributed by atoms with E-state index >= 15 is 0 Å². The van der Waals surface area contributed by atoms with Gasteiger partial charge in [-0.3, -0.25) is 0 Å². The molecular formula is C14H20F3NO2. The second kappa shape index (κ2) is 8.11. The van der Waals surface area contributed by atoms with Crippen molar-refractivity contribution < 1.29 is 22.6 Å². The molecular weight excluding hydrogens is 271 g/mol. The van der Waals surface area contributed by atoms with Gasteiger partial charge in [0, 0.05) is 6.54 Å². The van der Waals surface area contributed by atoms with Gasteiger partial charge in [0.1, 0.15) is 12.4 Å². The zero-order valence-corrected chi connectivity index (χ0v) is 11.7. The van der Waals surface area contributed by atoms with E-state index in [0.717, 1.165) is 25.6 Å². The van der Waals surface area contributed by atoms with Gasteiger partial charge in [-0.2, -0.15) is 13.2 Å². The third-order valence-corrected chi connectivity index (χ3v) is 2.68. The minimum Gasteiger partial charge on any atom is -0.491 e. The monoisotopic (exact) mass is 291 g/mol. The molecule has 0 fully saturated rings.